The lowest BCUT2D eigenvalue weighted by atomic mass is 10.3. The summed E-state index contributed by atoms with van der Waals surface area (Å²) in [7, 11) is 1.46. The maximum absolute atomic E-state index is 11.3. The Kier molecular flexibility index (Phi) is 5.28. The van der Waals surface area contributed by atoms with E-state index in [1.807, 2.05) is 0 Å². The third-order valence-corrected chi connectivity index (χ3v) is 2.13. The van der Waals surface area contributed by atoms with E-state index in [4.69, 9.17) is 27.9 Å². The van der Waals surface area contributed by atoms with Crippen LogP contribution in [0.2, 0.25) is 5.15 Å². The quantitative estimate of drug-likeness (QED) is 0.653. The minimum atomic E-state index is -0.204. The maximum atomic E-state index is 11.3. The molecular weight excluding hydrogens is 253 g/mol. The largest absolute Gasteiger partial charge is 0.481 e. The minimum Gasteiger partial charge on any atom is -0.481 e. The van der Waals surface area contributed by atoms with E-state index in [9.17, 15) is 4.79 Å². The standard InChI is InChI=1S/C9H11Cl2N3O2/c1-16-8-5-6(11)12-9(14-8)13-7(15)3-2-4-10/h5H,2-4H2,1H3,(H,12,13,14,15). The van der Waals surface area contributed by atoms with Crippen LogP contribution in [-0.2, 0) is 4.79 Å². The molecule has 7 heteroatoms. The number of amides is 1. The van der Waals surface area contributed by atoms with E-state index in [2.05, 4.69) is 15.3 Å². The van der Waals surface area contributed by atoms with E-state index in [0.717, 1.165) is 0 Å². The first-order valence-corrected chi connectivity index (χ1v) is 5.51. The van der Waals surface area contributed by atoms with Gasteiger partial charge in [-0.1, -0.05) is 11.6 Å². The second kappa shape index (κ2) is 6.50. The molecule has 0 unspecified atom stereocenters. The number of alkyl halides is 1. The van der Waals surface area contributed by atoms with Crippen LogP contribution in [0.25, 0.3) is 0 Å². The van der Waals surface area contributed by atoms with Crippen LogP contribution in [-0.4, -0.2) is 28.9 Å². The van der Waals surface area contributed by atoms with E-state index < -0.39 is 0 Å². The van der Waals surface area contributed by atoms with Crippen molar-refractivity contribution in [2.75, 3.05) is 18.3 Å². The van der Waals surface area contributed by atoms with Gasteiger partial charge in [0.25, 0.3) is 0 Å². The molecule has 0 radical (unpaired) electrons. The van der Waals surface area contributed by atoms with Crippen molar-refractivity contribution in [3.8, 4) is 5.88 Å². The Morgan fingerprint density at radius 3 is 2.94 bits per heavy atom. The number of nitrogens with one attached hydrogen (secondary N) is 1. The summed E-state index contributed by atoms with van der Waals surface area (Å²) in [4.78, 5) is 19.1. The van der Waals surface area contributed by atoms with Crippen molar-refractivity contribution in [3.05, 3.63) is 11.2 Å². The van der Waals surface area contributed by atoms with Crippen LogP contribution in [0.1, 0.15) is 12.8 Å². The van der Waals surface area contributed by atoms with Gasteiger partial charge in [0.2, 0.25) is 17.7 Å². The number of aromatic nitrogens is 2. The summed E-state index contributed by atoms with van der Waals surface area (Å²) in [6, 6.07) is 1.45. The molecule has 88 valence electrons. The second-order valence-electron chi connectivity index (χ2n) is 2.90. The molecule has 0 aliphatic rings. The Hall–Kier alpha value is -1.07. The van der Waals surface area contributed by atoms with Crippen LogP contribution >= 0.6 is 23.2 Å². The second-order valence-corrected chi connectivity index (χ2v) is 3.66. The van der Waals surface area contributed by atoms with E-state index in [1.165, 1.54) is 13.2 Å². The molecule has 0 aliphatic heterocycles. The highest BCUT2D eigenvalue weighted by atomic mass is 35.5. The summed E-state index contributed by atoms with van der Waals surface area (Å²) < 4.78 is 4.89. The van der Waals surface area contributed by atoms with Gasteiger partial charge in [-0.05, 0) is 6.42 Å². The predicted molar refractivity (Wildman–Crippen MR) is 62.2 cm³/mol. The molecule has 0 aromatic carbocycles. The van der Waals surface area contributed by atoms with Crippen molar-refractivity contribution >= 4 is 35.1 Å². The molecule has 1 rings (SSSR count). The smallest absolute Gasteiger partial charge is 0.234 e. The molecule has 1 aromatic heterocycles. The topological polar surface area (TPSA) is 64.1 Å². The molecule has 0 atom stereocenters. The van der Waals surface area contributed by atoms with Gasteiger partial charge in [-0.15, -0.1) is 11.6 Å². The lowest BCUT2D eigenvalue weighted by Gasteiger charge is -2.05. The summed E-state index contributed by atoms with van der Waals surface area (Å²) in [6.45, 7) is 0. The molecule has 0 saturated carbocycles. The fourth-order valence-electron chi connectivity index (χ4n) is 0.972. The van der Waals surface area contributed by atoms with Gasteiger partial charge >= 0.3 is 0 Å². The van der Waals surface area contributed by atoms with E-state index >= 15 is 0 Å². The van der Waals surface area contributed by atoms with Crippen LogP contribution < -0.4 is 10.1 Å². The highest BCUT2D eigenvalue weighted by Gasteiger charge is 2.07. The first kappa shape index (κ1) is 13.0. The number of halogens is 2. The van der Waals surface area contributed by atoms with Crippen molar-refractivity contribution < 1.29 is 9.53 Å². The highest BCUT2D eigenvalue weighted by molar-refractivity contribution is 6.29. The minimum absolute atomic E-state index is 0.129. The van der Waals surface area contributed by atoms with Crippen molar-refractivity contribution in [2.24, 2.45) is 0 Å². The van der Waals surface area contributed by atoms with Crippen molar-refractivity contribution in [1.29, 1.82) is 0 Å². The molecule has 0 saturated heterocycles. The normalized spacial score (nSPS) is 9.94. The van der Waals surface area contributed by atoms with E-state index in [1.54, 1.807) is 0 Å². The number of carbonyl (C=O) groups excluding carboxylic acids is 1. The zero-order valence-electron chi connectivity index (χ0n) is 8.67. The first-order valence-electron chi connectivity index (χ1n) is 4.60. The third kappa shape index (κ3) is 4.20. The number of carbonyl (C=O) groups is 1. The van der Waals surface area contributed by atoms with Crippen LogP contribution in [0.3, 0.4) is 0 Å². The third-order valence-electron chi connectivity index (χ3n) is 1.67. The molecule has 0 aliphatic carbocycles. The Morgan fingerprint density at radius 1 is 1.56 bits per heavy atom. The fourth-order valence-corrected chi connectivity index (χ4v) is 1.28. The van der Waals surface area contributed by atoms with Gasteiger partial charge in [-0.2, -0.15) is 4.98 Å². The molecule has 5 nitrogen and oxygen atoms in total. The molecule has 1 amide bonds. The predicted octanol–water partition coefficient (Wildman–Crippen LogP) is 2.10. The summed E-state index contributed by atoms with van der Waals surface area (Å²) in [5, 5.41) is 2.72. The van der Waals surface area contributed by atoms with Crippen LogP contribution in [0.4, 0.5) is 5.95 Å². The summed E-state index contributed by atoms with van der Waals surface area (Å²) in [6.07, 6.45) is 0.923. The molecule has 0 spiro atoms. The van der Waals surface area contributed by atoms with Gasteiger partial charge in [-0.25, -0.2) is 4.98 Å². The molecular formula is C9H11Cl2N3O2. The molecule has 16 heavy (non-hydrogen) atoms. The van der Waals surface area contributed by atoms with Crippen LogP contribution in [0.15, 0.2) is 6.07 Å². The number of anilines is 1. The number of methoxy groups -OCH3 is 1. The Morgan fingerprint density at radius 2 is 2.31 bits per heavy atom. The number of hydrogen-bond donors (Lipinski definition) is 1. The van der Waals surface area contributed by atoms with E-state index in [0.29, 0.717) is 24.6 Å². The number of ether oxygens (including phenoxy) is 1. The molecule has 1 aromatic rings. The van der Waals surface area contributed by atoms with Gasteiger partial charge in [0.05, 0.1) is 7.11 Å². The fraction of sp³-hybridized carbons (Fsp3) is 0.444. The molecule has 0 fully saturated rings. The zero-order valence-corrected chi connectivity index (χ0v) is 10.2. The van der Waals surface area contributed by atoms with Gasteiger partial charge < -0.3 is 4.74 Å². The Balaban J connectivity index is 2.65. The maximum Gasteiger partial charge on any atom is 0.234 e. The lowest BCUT2D eigenvalue weighted by molar-refractivity contribution is -0.116. The Labute approximate surface area is 103 Å². The van der Waals surface area contributed by atoms with Gasteiger partial charge in [0.1, 0.15) is 5.15 Å². The zero-order chi connectivity index (χ0) is 12.0. The van der Waals surface area contributed by atoms with Crippen molar-refractivity contribution in [1.82, 2.24) is 9.97 Å². The van der Waals surface area contributed by atoms with Crippen LogP contribution in [0, 0.1) is 0 Å². The van der Waals surface area contributed by atoms with Crippen LogP contribution in [0.5, 0.6) is 5.88 Å². The highest BCUT2D eigenvalue weighted by Crippen LogP contribution is 2.15. The molecule has 1 heterocycles. The Bertz CT molecular complexity index is 374. The van der Waals surface area contributed by atoms with E-state index in [-0.39, 0.29) is 17.0 Å². The van der Waals surface area contributed by atoms with Crippen molar-refractivity contribution in [3.63, 3.8) is 0 Å². The number of nitrogens with zero attached hydrogens (tertiary/aromatic N) is 2. The molecule has 1 N–H and O–H groups in total. The molecule has 0 bridgehead atoms. The van der Waals surface area contributed by atoms with Gasteiger partial charge in [-0.3, -0.25) is 10.1 Å². The summed E-state index contributed by atoms with van der Waals surface area (Å²) in [5.41, 5.74) is 0. The van der Waals surface area contributed by atoms with Crippen molar-refractivity contribution in [2.45, 2.75) is 12.8 Å². The monoisotopic (exact) mass is 263 g/mol. The average Bonchev–Trinajstić information content (AvgIpc) is 2.25. The van der Waals surface area contributed by atoms with Gasteiger partial charge in [0, 0.05) is 18.4 Å². The number of hydrogen-bond acceptors (Lipinski definition) is 4. The number of rotatable bonds is 5. The average molecular weight is 264 g/mol. The first-order chi connectivity index (χ1) is 7.65. The lowest BCUT2D eigenvalue weighted by Crippen LogP contribution is -2.14. The van der Waals surface area contributed by atoms with Gasteiger partial charge in [0.15, 0.2) is 0 Å². The summed E-state index contributed by atoms with van der Waals surface area (Å²) >= 11 is 11.2. The SMILES string of the molecule is COc1cc(Cl)nc(NC(=O)CCCCl)n1. The summed E-state index contributed by atoms with van der Waals surface area (Å²) in [5.74, 6) is 0.661.